The minimum Gasteiger partial charge on any atom is -0.493 e. The highest BCUT2D eigenvalue weighted by molar-refractivity contribution is 7.00. The second-order valence-electron chi connectivity index (χ2n) is 9.39. The Morgan fingerprint density at radius 2 is 1.85 bits per heavy atom. The van der Waals surface area contributed by atoms with Gasteiger partial charge in [0, 0.05) is 11.5 Å². The lowest BCUT2D eigenvalue weighted by Gasteiger charge is -2.15. The third-order valence-electron chi connectivity index (χ3n) is 6.43. The van der Waals surface area contributed by atoms with Gasteiger partial charge in [0.2, 0.25) is 12.7 Å². The molecule has 0 bridgehead atoms. The van der Waals surface area contributed by atoms with Crippen molar-refractivity contribution < 1.29 is 33.2 Å². The Bertz CT molecular complexity index is 1730. The number of fused-ring (bicyclic) bond motifs is 3. The normalized spacial score (nSPS) is 12.3. The minimum absolute atomic E-state index is 0.0853. The molecular weight excluding hydrogens is 534 g/mol. The maximum absolute atomic E-state index is 12.8. The third kappa shape index (κ3) is 4.73. The highest BCUT2D eigenvalue weighted by Gasteiger charge is 2.26. The van der Waals surface area contributed by atoms with Crippen molar-refractivity contribution >= 4 is 39.8 Å². The van der Waals surface area contributed by atoms with Gasteiger partial charge in [0.05, 0.1) is 49.2 Å². The molecule has 0 unspecified atom stereocenters. The molecular formula is C29H27N3O7S. The number of carbonyl (C=O) groups is 1. The molecule has 0 saturated carbocycles. The van der Waals surface area contributed by atoms with Gasteiger partial charge in [0.25, 0.3) is 0 Å². The van der Waals surface area contributed by atoms with Crippen LogP contribution in [0.2, 0.25) is 0 Å². The van der Waals surface area contributed by atoms with E-state index in [1.165, 1.54) is 0 Å². The monoisotopic (exact) mass is 561 g/mol. The SMILES string of the molecule is CCOC(=O)Oc1c(-c2ccc3nsnc3c2)c2cc(OC)c(OC(C)C)cc2n1Cc1ccc2c(c1)OCO2. The molecule has 0 N–H and O–H groups in total. The van der Waals surface area contributed by atoms with Crippen LogP contribution in [0.25, 0.3) is 33.1 Å². The second kappa shape index (κ2) is 10.6. The molecule has 1 aliphatic rings. The Hall–Kier alpha value is -4.51. The van der Waals surface area contributed by atoms with Gasteiger partial charge in [-0.2, -0.15) is 8.75 Å². The van der Waals surface area contributed by atoms with E-state index in [4.69, 9.17) is 28.4 Å². The molecule has 206 valence electrons. The molecule has 0 atom stereocenters. The standard InChI is InChI=1S/C29H27N3O7S/c1-5-35-29(33)39-28-27(18-7-8-20-21(11-18)31-40-30-20)19-12-24(34-4)26(38-16(2)3)13-22(19)32(28)14-17-6-9-23-25(10-17)37-15-36-23/h6-13,16H,5,14-15H2,1-4H3. The van der Waals surface area contributed by atoms with Crippen LogP contribution in [-0.2, 0) is 11.3 Å². The summed E-state index contributed by atoms with van der Waals surface area (Å²) in [6.07, 6.45) is -0.890. The van der Waals surface area contributed by atoms with Gasteiger partial charge in [-0.1, -0.05) is 12.1 Å². The predicted molar refractivity (Wildman–Crippen MR) is 150 cm³/mol. The fourth-order valence-electron chi connectivity index (χ4n) is 4.77. The average molecular weight is 562 g/mol. The van der Waals surface area contributed by atoms with Crippen molar-refractivity contribution in [3.8, 4) is 40.0 Å². The fraction of sp³-hybridized carbons (Fsp3) is 0.276. The first kappa shape index (κ1) is 25.8. The van der Waals surface area contributed by atoms with Crippen molar-refractivity contribution in [2.45, 2.75) is 33.4 Å². The Kier molecular flexibility index (Phi) is 6.81. The number of benzene rings is 3. The van der Waals surface area contributed by atoms with Gasteiger partial charge in [-0.15, -0.1) is 0 Å². The summed E-state index contributed by atoms with van der Waals surface area (Å²) in [6.45, 7) is 6.34. The van der Waals surface area contributed by atoms with Crippen LogP contribution in [0.4, 0.5) is 4.79 Å². The van der Waals surface area contributed by atoms with Crippen molar-refractivity contribution in [1.82, 2.24) is 13.3 Å². The summed E-state index contributed by atoms with van der Waals surface area (Å²) in [4.78, 5) is 12.8. The van der Waals surface area contributed by atoms with Crippen LogP contribution in [0.15, 0.2) is 48.5 Å². The largest absolute Gasteiger partial charge is 0.515 e. The summed E-state index contributed by atoms with van der Waals surface area (Å²) in [5, 5.41) is 0.801. The summed E-state index contributed by atoms with van der Waals surface area (Å²) in [6, 6.07) is 15.3. The van der Waals surface area contributed by atoms with Gasteiger partial charge in [-0.3, -0.25) is 0 Å². The number of hydrogen-bond acceptors (Lipinski definition) is 10. The number of hydrogen-bond donors (Lipinski definition) is 0. The zero-order valence-corrected chi connectivity index (χ0v) is 23.2. The lowest BCUT2D eigenvalue weighted by Crippen LogP contribution is -2.14. The zero-order chi connectivity index (χ0) is 27.8. The molecule has 0 saturated heterocycles. The minimum atomic E-state index is -0.805. The number of nitrogens with zero attached hydrogens (tertiary/aromatic N) is 3. The van der Waals surface area contributed by atoms with Gasteiger partial charge in [0.15, 0.2) is 23.0 Å². The molecule has 0 aliphatic carbocycles. The smallest absolute Gasteiger partial charge is 0.493 e. The van der Waals surface area contributed by atoms with E-state index >= 15 is 0 Å². The third-order valence-corrected chi connectivity index (χ3v) is 6.98. The van der Waals surface area contributed by atoms with E-state index in [9.17, 15) is 4.79 Å². The molecule has 0 spiro atoms. The van der Waals surface area contributed by atoms with Crippen molar-refractivity contribution in [3.05, 3.63) is 54.1 Å². The first-order valence-corrected chi connectivity index (χ1v) is 13.5. The van der Waals surface area contributed by atoms with Crippen LogP contribution in [0.5, 0.6) is 28.9 Å². The molecule has 11 heteroatoms. The lowest BCUT2D eigenvalue weighted by atomic mass is 10.0. The first-order valence-electron chi connectivity index (χ1n) is 12.8. The lowest BCUT2D eigenvalue weighted by molar-refractivity contribution is 0.101. The number of aromatic nitrogens is 3. The molecule has 3 aromatic carbocycles. The summed E-state index contributed by atoms with van der Waals surface area (Å²) in [7, 11) is 1.60. The number of carbonyl (C=O) groups excluding carboxylic acids is 1. The number of ether oxygens (including phenoxy) is 6. The Balaban J connectivity index is 1.62. The van der Waals surface area contributed by atoms with E-state index in [0.717, 1.165) is 44.8 Å². The first-order chi connectivity index (χ1) is 19.4. The van der Waals surface area contributed by atoms with Gasteiger partial charge in [-0.25, -0.2) is 4.79 Å². The number of methoxy groups -OCH3 is 1. The van der Waals surface area contributed by atoms with Crippen molar-refractivity contribution in [1.29, 1.82) is 0 Å². The van der Waals surface area contributed by atoms with Gasteiger partial charge in [0.1, 0.15) is 11.0 Å². The summed E-state index contributed by atoms with van der Waals surface area (Å²) < 4.78 is 44.7. The Labute approximate surface area is 234 Å². The van der Waals surface area contributed by atoms with Crippen molar-refractivity contribution in [3.63, 3.8) is 0 Å². The average Bonchev–Trinajstić information content (AvgIpc) is 3.66. The summed E-state index contributed by atoms with van der Waals surface area (Å²) in [5.74, 6) is 2.79. The van der Waals surface area contributed by atoms with Gasteiger partial charge < -0.3 is 33.0 Å². The maximum Gasteiger partial charge on any atom is 0.515 e. The summed E-state index contributed by atoms with van der Waals surface area (Å²) >= 11 is 1.14. The molecule has 3 heterocycles. The molecule has 40 heavy (non-hydrogen) atoms. The van der Waals surface area contributed by atoms with E-state index in [-0.39, 0.29) is 19.5 Å². The maximum atomic E-state index is 12.8. The van der Waals surface area contributed by atoms with Crippen LogP contribution in [-0.4, -0.2) is 46.1 Å². The van der Waals surface area contributed by atoms with Crippen molar-refractivity contribution in [2.24, 2.45) is 0 Å². The fourth-order valence-corrected chi connectivity index (χ4v) is 5.28. The molecule has 6 rings (SSSR count). The predicted octanol–water partition coefficient (Wildman–Crippen LogP) is 6.42. The van der Waals surface area contributed by atoms with Crippen LogP contribution in [0.1, 0.15) is 26.3 Å². The quantitative estimate of drug-likeness (QED) is 0.199. The highest BCUT2D eigenvalue weighted by atomic mass is 32.1. The topological polar surface area (TPSA) is 103 Å². The van der Waals surface area contributed by atoms with Gasteiger partial charge in [-0.05, 0) is 62.2 Å². The van der Waals surface area contributed by atoms with Crippen molar-refractivity contribution in [2.75, 3.05) is 20.5 Å². The van der Waals surface area contributed by atoms with E-state index in [1.54, 1.807) is 14.0 Å². The van der Waals surface area contributed by atoms with E-state index in [1.807, 2.05) is 66.9 Å². The molecule has 10 nitrogen and oxygen atoms in total. The van der Waals surface area contributed by atoms with E-state index in [2.05, 4.69) is 8.75 Å². The van der Waals surface area contributed by atoms with Crippen LogP contribution in [0.3, 0.4) is 0 Å². The zero-order valence-electron chi connectivity index (χ0n) is 22.4. The molecule has 1 aliphatic heterocycles. The Morgan fingerprint density at radius 1 is 1.02 bits per heavy atom. The molecule has 2 aromatic heterocycles. The highest BCUT2D eigenvalue weighted by Crippen LogP contribution is 2.46. The molecule has 5 aromatic rings. The van der Waals surface area contributed by atoms with Crippen LogP contribution in [0, 0.1) is 0 Å². The van der Waals surface area contributed by atoms with Gasteiger partial charge >= 0.3 is 6.16 Å². The number of rotatable bonds is 8. The second-order valence-corrected chi connectivity index (χ2v) is 9.92. The molecule has 0 radical (unpaired) electrons. The Morgan fingerprint density at radius 3 is 2.65 bits per heavy atom. The molecule has 0 fully saturated rings. The summed E-state index contributed by atoms with van der Waals surface area (Å²) in [5.41, 5.74) is 4.72. The van der Waals surface area contributed by atoms with E-state index < -0.39 is 6.16 Å². The van der Waals surface area contributed by atoms with Crippen LogP contribution < -0.4 is 23.7 Å². The van der Waals surface area contributed by atoms with E-state index in [0.29, 0.717) is 41.0 Å². The van der Waals surface area contributed by atoms with Crippen LogP contribution >= 0.6 is 11.7 Å². The molecule has 0 amide bonds.